The van der Waals surface area contributed by atoms with Crippen molar-refractivity contribution in [1.29, 1.82) is 0 Å². The average Bonchev–Trinajstić information content (AvgIpc) is 2.97. The first-order chi connectivity index (χ1) is 10.5. The van der Waals surface area contributed by atoms with Crippen molar-refractivity contribution >= 4 is 73.6 Å². The quantitative estimate of drug-likeness (QED) is 0.569. The van der Waals surface area contributed by atoms with Crippen molar-refractivity contribution in [3.63, 3.8) is 0 Å². The van der Waals surface area contributed by atoms with Gasteiger partial charge in [-0.15, -0.1) is 11.3 Å². The Morgan fingerprint density at radius 3 is 2.64 bits per heavy atom. The highest BCUT2D eigenvalue weighted by atomic mass is 35.5. The van der Waals surface area contributed by atoms with Crippen LogP contribution in [0.2, 0.25) is 13.7 Å². The van der Waals surface area contributed by atoms with Crippen LogP contribution in [0.15, 0.2) is 29.3 Å². The number of benzene rings is 1. The van der Waals surface area contributed by atoms with Crippen LogP contribution in [0.5, 0.6) is 0 Å². The number of hydrogen-bond acceptors (Lipinski definition) is 3. The molecule has 0 fully saturated rings. The Balaban J connectivity index is 2.16. The second-order valence-corrected chi connectivity index (χ2v) is 8.13. The van der Waals surface area contributed by atoms with Gasteiger partial charge in [-0.3, -0.25) is 4.79 Å². The monoisotopic (exact) mass is 390 g/mol. The fourth-order valence-electron chi connectivity index (χ4n) is 2.07. The third-order valence-corrected chi connectivity index (χ3v) is 5.81. The molecule has 2 aromatic heterocycles. The first kappa shape index (κ1) is 16.0. The minimum Gasteiger partial charge on any atom is -0.317 e. The summed E-state index contributed by atoms with van der Waals surface area (Å²) in [7, 11) is 0. The van der Waals surface area contributed by atoms with Crippen molar-refractivity contribution in [2.45, 2.75) is 13.5 Å². The Labute approximate surface area is 149 Å². The number of thiophene rings is 1. The van der Waals surface area contributed by atoms with Crippen LogP contribution in [0.3, 0.4) is 0 Å². The molecule has 0 N–H and O–H groups in total. The van der Waals surface area contributed by atoms with Gasteiger partial charge in [-0.2, -0.15) is 4.99 Å². The summed E-state index contributed by atoms with van der Waals surface area (Å²) in [6.07, 6.45) is 0. The van der Waals surface area contributed by atoms with Crippen LogP contribution >= 0.6 is 57.5 Å². The zero-order valence-electron chi connectivity index (χ0n) is 11.3. The van der Waals surface area contributed by atoms with E-state index in [0.29, 0.717) is 30.6 Å². The Kier molecular flexibility index (Phi) is 4.61. The van der Waals surface area contributed by atoms with E-state index >= 15 is 0 Å². The van der Waals surface area contributed by atoms with Crippen molar-refractivity contribution in [2.24, 2.45) is 4.99 Å². The lowest BCUT2D eigenvalue weighted by Gasteiger charge is -1.99. The molecule has 0 bridgehead atoms. The van der Waals surface area contributed by atoms with Crippen LogP contribution in [-0.4, -0.2) is 10.5 Å². The molecule has 1 amide bonds. The van der Waals surface area contributed by atoms with Crippen LogP contribution in [0.1, 0.15) is 17.3 Å². The molecular weight excluding hydrogens is 383 g/mol. The van der Waals surface area contributed by atoms with Gasteiger partial charge in [0.25, 0.3) is 5.91 Å². The second kappa shape index (κ2) is 6.34. The summed E-state index contributed by atoms with van der Waals surface area (Å²) in [6, 6.07) is 7.16. The number of carbonyl (C=O) groups is 1. The fraction of sp³-hybridized carbons (Fsp3) is 0.143. The van der Waals surface area contributed by atoms with Gasteiger partial charge in [0.1, 0.15) is 4.34 Å². The van der Waals surface area contributed by atoms with Crippen LogP contribution in [0, 0.1) is 0 Å². The fourth-order valence-corrected chi connectivity index (χ4v) is 4.89. The molecule has 0 atom stereocenters. The van der Waals surface area contributed by atoms with Gasteiger partial charge >= 0.3 is 0 Å². The molecule has 0 saturated heterocycles. The van der Waals surface area contributed by atoms with E-state index in [1.165, 1.54) is 11.3 Å². The molecule has 0 aliphatic heterocycles. The summed E-state index contributed by atoms with van der Waals surface area (Å²) in [5, 5.41) is 0.655. The van der Waals surface area contributed by atoms with Crippen molar-refractivity contribution in [3.05, 3.63) is 48.3 Å². The van der Waals surface area contributed by atoms with E-state index in [-0.39, 0.29) is 0 Å². The average molecular weight is 392 g/mol. The first-order valence-electron chi connectivity index (χ1n) is 6.32. The van der Waals surface area contributed by atoms with E-state index in [4.69, 9.17) is 34.8 Å². The number of nitrogens with zero attached hydrogens (tertiary/aromatic N) is 2. The SMILES string of the molecule is CCn1c(=NC(=O)c2cc(Cl)sc2Cl)sc2cc(Cl)ccc21. The number of rotatable bonds is 2. The molecule has 0 aliphatic rings. The molecule has 114 valence electrons. The lowest BCUT2D eigenvalue weighted by molar-refractivity contribution is 0.0998. The predicted molar refractivity (Wildman–Crippen MR) is 94.7 cm³/mol. The number of thiazole rings is 1. The molecule has 0 spiro atoms. The summed E-state index contributed by atoms with van der Waals surface area (Å²) in [4.78, 5) is 17.1. The maximum atomic E-state index is 12.3. The van der Waals surface area contributed by atoms with E-state index in [2.05, 4.69) is 4.99 Å². The lowest BCUT2D eigenvalue weighted by atomic mass is 10.3. The minimum atomic E-state index is -0.395. The Morgan fingerprint density at radius 2 is 2.00 bits per heavy atom. The number of aromatic nitrogens is 1. The maximum Gasteiger partial charge on any atom is 0.282 e. The molecule has 3 aromatic rings. The van der Waals surface area contributed by atoms with Gasteiger partial charge in [0, 0.05) is 11.6 Å². The summed E-state index contributed by atoms with van der Waals surface area (Å²) in [5.74, 6) is -0.395. The van der Waals surface area contributed by atoms with Crippen molar-refractivity contribution in [1.82, 2.24) is 4.57 Å². The molecule has 0 radical (unpaired) electrons. The zero-order valence-corrected chi connectivity index (χ0v) is 15.2. The molecular formula is C14H9Cl3N2OS2. The standard InChI is InChI=1S/C14H9Cl3N2OS2/c1-2-19-9-4-3-7(15)5-10(9)21-14(19)18-13(20)8-6-11(16)22-12(8)17/h3-6H,2H2,1H3. The molecule has 0 saturated carbocycles. The van der Waals surface area contributed by atoms with Crippen LogP contribution < -0.4 is 4.80 Å². The van der Waals surface area contributed by atoms with E-state index in [1.807, 2.05) is 29.7 Å². The van der Waals surface area contributed by atoms with Crippen molar-refractivity contribution in [3.8, 4) is 0 Å². The van der Waals surface area contributed by atoms with Crippen LogP contribution in [-0.2, 0) is 6.54 Å². The predicted octanol–water partition coefficient (Wildman–Crippen LogP) is 5.49. The normalized spacial score (nSPS) is 12.3. The molecule has 0 unspecified atom stereocenters. The second-order valence-electron chi connectivity index (χ2n) is 4.40. The summed E-state index contributed by atoms with van der Waals surface area (Å²) in [5.41, 5.74) is 1.33. The third kappa shape index (κ3) is 2.96. The van der Waals surface area contributed by atoms with Gasteiger partial charge in [-0.05, 0) is 31.2 Å². The number of amides is 1. The van der Waals surface area contributed by atoms with Crippen LogP contribution in [0.25, 0.3) is 10.2 Å². The van der Waals surface area contributed by atoms with Gasteiger partial charge in [0.05, 0.1) is 20.1 Å². The molecule has 8 heteroatoms. The number of hydrogen-bond donors (Lipinski definition) is 0. The van der Waals surface area contributed by atoms with Crippen molar-refractivity contribution in [2.75, 3.05) is 0 Å². The van der Waals surface area contributed by atoms with Crippen LogP contribution in [0.4, 0.5) is 0 Å². The van der Waals surface area contributed by atoms with E-state index in [1.54, 1.807) is 6.07 Å². The Morgan fingerprint density at radius 1 is 1.23 bits per heavy atom. The smallest absolute Gasteiger partial charge is 0.282 e. The van der Waals surface area contributed by atoms with E-state index in [9.17, 15) is 4.79 Å². The third-order valence-electron chi connectivity index (χ3n) is 3.05. The van der Waals surface area contributed by atoms with Gasteiger partial charge in [-0.1, -0.05) is 46.1 Å². The van der Waals surface area contributed by atoms with Gasteiger partial charge < -0.3 is 4.57 Å². The molecule has 0 aliphatic carbocycles. The van der Waals surface area contributed by atoms with E-state index < -0.39 is 5.91 Å². The summed E-state index contributed by atoms with van der Waals surface area (Å²) >= 11 is 20.5. The largest absolute Gasteiger partial charge is 0.317 e. The van der Waals surface area contributed by atoms with Gasteiger partial charge in [0.15, 0.2) is 4.80 Å². The highest BCUT2D eigenvalue weighted by Crippen LogP contribution is 2.31. The molecule has 3 rings (SSSR count). The Hall–Kier alpha value is -0.850. The number of fused-ring (bicyclic) bond motifs is 1. The lowest BCUT2D eigenvalue weighted by Crippen LogP contribution is -2.15. The highest BCUT2D eigenvalue weighted by molar-refractivity contribution is 7.20. The molecule has 3 nitrogen and oxygen atoms in total. The van der Waals surface area contributed by atoms with Gasteiger partial charge in [-0.25, -0.2) is 0 Å². The Bertz CT molecular complexity index is 939. The topological polar surface area (TPSA) is 34.4 Å². The number of halogens is 3. The van der Waals surface area contributed by atoms with Crippen molar-refractivity contribution < 1.29 is 4.79 Å². The zero-order chi connectivity index (χ0) is 15.9. The summed E-state index contributed by atoms with van der Waals surface area (Å²) in [6.45, 7) is 2.70. The number of carbonyl (C=O) groups excluding carboxylic acids is 1. The molecule has 1 aromatic carbocycles. The minimum absolute atomic E-state index is 0.329. The molecule has 22 heavy (non-hydrogen) atoms. The van der Waals surface area contributed by atoms with E-state index in [0.717, 1.165) is 21.6 Å². The maximum absolute atomic E-state index is 12.3. The summed E-state index contributed by atoms with van der Waals surface area (Å²) < 4.78 is 3.77. The van der Waals surface area contributed by atoms with Gasteiger partial charge in [0.2, 0.25) is 0 Å². The number of aryl methyl sites for hydroxylation is 1. The molecule has 2 heterocycles. The first-order valence-corrected chi connectivity index (χ1v) is 9.09. The highest BCUT2D eigenvalue weighted by Gasteiger charge is 2.14.